The van der Waals surface area contributed by atoms with Crippen LogP contribution in [-0.4, -0.2) is 47.5 Å². The van der Waals surface area contributed by atoms with Crippen LogP contribution in [0.3, 0.4) is 0 Å². The number of aromatic nitrogens is 1. The first-order valence-corrected chi connectivity index (χ1v) is 12.2. The molecule has 2 heterocycles. The van der Waals surface area contributed by atoms with E-state index < -0.39 is 17.7 Å². The van der Waals surface area contributed by atoms with E-state index in [1.165, 1.54) is 5.56 Å². The molecule has 1 aliphatic rings. The number of ether oxygens (including phenoxy) is 3. The largest absolute Gasteiger partial charge is 0.490 e. The summed E-state index contributed by atoms with van der Waals surface area (Å²) >= 11 is 0. The molecule has 2 aromatic carbocycles. The van der Waals surface area contributed by atoms with Crippen LogP contribution in [0.5, 0.6) is 11.5 Å². The molecule has 0 unspecified atom stereocenters. The Morgan fingerprint density at radius 3 is 2.65 bits per heavy atom. The molecule has 0 saturated heterocycles. The molecule has 3 aromatic rings. The van der Waals surface area contributed by atoms with E-state index in [4.69, 9.17) is 14.2 Å². The van der Waals surface area contributed by atoms with E-state index in [9.17, 15) is 14.7 Å². The number of carboxylic acid groups (broad SMARTS) is 1. The maximum Gasteiger partial charge on any atom is 0.412 e. The molecule has 194 valence electrons. The monoisotopic (exact) mass is 505 g/mol. The molecule has 0 aliphatic carbocycles. The third kappa shape index (κ3) is 7.13. The summed E-state index contributed by atoms with van der Waals surface area (Å²) in [4.78, 5) is 28.2. The first-order chi connectivity index (χ1) is 17.7. The van der Waals surface area contributed by atoms with E-state index in [1.807, 2.05) is 12.1 Å². The first kappa shape index (κ1) is 25.8. The van der Waals surface area contributed by atoms with Crippen LogP contribution in [0.4, 0.5) is 16.2 Å². The Bertz CT molecular complexity index is 1290. The minimum atomic E-state index is -1.17. The topological polar surface area (TPSA) is 119 Å². The maximum atomic E-state index is 12.0. The number of fused-ring (bicyclic) bond motifs is 1. The number of nitrogens with one attached hydrogen (secondary N) is 2. The number of amides is 1. The molecule has 0 bridgehead atoms. The number of aromatic carboxylic acids is 1. The number of nitrogens with zero attached hydrogens (tertiary/aromatic N) is 1. The van der Waals surface area contributed by atoms with E-state index in [0.29, 0.717) is 17.1 Å². The van der Waals surface area contributed by atoms with Gasteiger partial charge in [-0.15, -0.1) is 0 Å². The third-order valence-corrected chi connectivity index (χ3v) is 5.49. The number of anilines is 2. The number of hydrogen-bond donors (Lipinski definition) is 3. The lowest BCUT2D eigenvalue weighted by Crippen LogP contribution is -2.27. The Morgan fingerprint density at radius 1 is 1.05 bits per heavy atom. The van der Waals surface area contributed by atoms with E-state index in [2.05, 4.69) is 21.7 Å². The lowest BCUT2D eigenvalue weighted by Gasteiger charge is -2.19. The molecule has 0 spiro atoms. The second-order valence-electron chi connectivity index (χ2n) is 9.60. The Labute approximate surface area is 215 Å². The zero-order valence-electron chi connectivity index (χ0n) is 21.2. The van der Waals surface area contributed by atoms with Crippen molar-refractivity contribution in [1.29, 1.82) is 0 Å². The molecule has 0 fully saturated rings. The van der Waals surface area contributed by atoms with Crippen molar-refractivity contribution < 1.29 is 28.9 Å². The Balaban J connectivity index is 1.35. The fraction of sp³-hybridized carbons (Fsp3) is 0.321. The summed E-state index contributed by atoms with van der Waals surface area (Å²) in [5, 5.41) is 15.7. The van der Waals surface area contributed by atoms with Gasteiger partial charge in [0.25, 0.3) is 0 Å². The third-order valence-electron chi connectivity index (χ3n) is 5.49. The number of hydrogen-bond acceptors (Lipinski definition) is 7. The zero-order chi connectivity index (χ0) is 26.4. The van der Waals surface area contributed by atoms with Crippen molar-refractivity contribution in [3.8, 4) is 22.8 Å². The summed E-state index contributed by atoms with van der Waals surface area (Å²) in [6, 6.07) is 16.2. The Kier molecular flexibility index (Phi) is 7.81. The fourth-order valence-electron chi connectivity index (χ4n) is 3.89. The summed E-state index contributed by atoms with van der Waals surface area (Å²) in [7, 11) is 0. The summed E-state index contributed by atoms with van der Waals surface area (Å²) < 4.78 is 16.6. The highest BCUT2D eigenvalue weighted by Crippen LogP contribution is 2.29. The highest BCUT2D eigenvalue weighted by molar-refractivity contribution is 5.89. The van der Waals surface area contributed by atoms with Gasteiger partial charge in [0.2, 0.25) is 0 Å². The number of carbonyl (C=O) groups is 2. The van der Waals surface area contributed by atoms with E-state index in [1.54, 1.807) is 57.2 Å². The normalized spacial score (nSPS) is 12.6. The standard InChI is InChI=1S/C28H31N3O6/c1-28(2,3)37-27(34)30-20-7-4-8-21(17-20)35-14-15-36-24-12-11-22(31-25(24)26(32)33)19-10-9-18-6-5-13-29-23(18)16-19/h4,7-12,16-17,29H,5-6,13-15H2,1-3H3,(H,30,34)(H,32,33). The van der Waals surface area contributed by atoms with Crippen LogP contribution >= 0.6 is 0 Å². The molecule has 0 atom stereocenters. The van der Waals surface area contributed by atoms with Crippen LogP contribution in [0.2, 0.25) is 0 Å². The van der Waals surface area contributed by atoms with Gasteiger partial charge in [-0.3, -0.25) is 5.32 Å². The van der Waals surface area contributed by atoms with Gasteiger partial charge in [-0.25, -0.2) is 14.6 Å². The number of pyridine rings is 1. The van der Waals surface area contributed by atoms with Crippen LogP contribution < -0.4 is 20.1 Å². The van der Waals surface area contributed by atoms with Gasteiger partial charge < -0.3 is 24.6 Å². The van der Waals surface area contributed by atoms with Gasteiger partial charge in [-0.05, 0) is 69.5 Å². The molecule has 1 aliphatic heterocycles. The minimum Gasteiger partial charge on any atom is -0.490 e. The molecule has 37 heavy (non-hydrogen) atoms. The van der Waals surface area contributed by atoms with Crippen molar-refractivity contribution in [3.63, 3.8) is 0 Å². The average molecular weight is 506 g/mol. The van der Waals surface area contributed by atoms with Gasteiger partial charge in [-0.2, -0.15) is 0 Å². The van der Waals surface area contributed by atoms with E-state index in [0.717, 1.165) is 30.6 Å². The van der Waals surface area contributed by atoms with Crippen molar-refractivity contribution in [2.24, 2.45) is 0 Å². The first-order valence-electron chi connectivity index (χ1n) is 12.2. The van der Waals surface area contributed by atoms with Crippen LogP contribution in [0.15, 0.2) is 54.6 Å². The number of carbonyl (C=O) groups excluding carboxylic acids is 1. The molecule has 3 N–H and O–H groups in total. The average Bonchev–Trinajstić information content (AvgIpc) is 2.85. The summed E-state index contributed by atoms with van der Waals surface area (Å²) in [6.45, 7) is 6.55. The van der Waals surface area contributed by atoms with Gasteiger partial charge in [0, 0.05) is 29.5 Å². The van der Waals surface area contributed by atoms with Crippen molar-refractivity contribution in [3.05, 3.63) is 65.9 Å². The predicted molar refractivity (Wildman–Crippen MR) is 141 cm³/mol. The van der Waals surface area contributed by atoms with Crippen LogP contribution in [-0.2, 0) is 11.2 Å². The quantitative estimate of drug-likeness (QED) is 0.338. The molecule has 9 nitrogen and oxygen atoms in total. The van der Waals surface area contributed by atoms with Crippen LogP contribution in [0.25, 0.3) is 11.3 Å². The highest BCUT2D eigenvalue weighted by atomic mass is 16.6. The van der Waals surface area contributed by atoms with Gasteiger partial charge in [0.15, 0.2) is 11.4 Å². The van der Waals surface area contributed by atoms with Crippen LogP contribution in [0, 0.1) is 0 Å². The van der Waals surface area contributed by atoms with Gasteiger partial charge in [0.1, 0.15) is 24.6 Å². The lowest BCUT2D eigenvalue weighted by molar-refractivity contribution is 0.0633. The number of benzene rings is 2. The Hall–Kier alpha value is -4.27. The molecule has 1 aromatic heterocycles. The predicted octanol–water partition coefficient (Wildman–Crippen LogP) is 5.61. The van der Waals surface area contributed by atoms with Gasteiger partial charge in [0.05, 0.1) is 5.69 Å². The fourth-order valence-corrected chi connectivity index (χ4v) is 3.89. The number of carboxylic acids is 1. The van der Waals surface area contributed by atoms with Gasteiger partial charge in [-0.1, -0.05) is 18.2 Å². The van der Waals surface area contributed by atoms with E-state index in [-0.39, 0.29) is 24.7 Å². The summed E-state index contributed by atoms with van der Waals surface area (Å²) in [6.07, 6.45) is 1.56. The smallest absolute Gasteiger partial charge is 0.412 e. The second kappa shape index (κ2) is 11.2. The van der Waals surface area contributed by atoms with E-state index >= 15 is 0 Å². The van der Waals surface area contributed by atoms with Crippen molar-refractivity contribution in [1.82, 2.24) is 4.98 Å². The maximum absolute atomic E-state index is 12.0. The SMILES string of the molecule is CC(C)(C)OC(=O)Nc1cccc(OCCOc2ccc(-c3ccc4c(c3)NCCC4)nc2C(=O)O)c1. The van der Waals surface area contributed by atoms with Crippen molar-refractivity contribution in [2.75, 3.05) is 30.4 Å². The van der Waals surface area contributed by atoms with Gasteiger partial charge >= 0.3 is 12.1 Å². The molecule has 0 radical (unpaired) electrons. The summed E-state index contributed by atoms with van der Waals surface area (Å²) in [5.41, 5.74) is 3.47. The van der Waals surface area contributed by atoms with Crippen LogP contribution in [0.1, 0.15) is 43.2 Å². The second-order valence-corrected chi connectivity index (χ2v) is 9.60. The minimum absolute atomic E-state index is 0.105. The molecule has 1 amide bonds. The zero-order valence-corrected chi connectivity index (χ0v) is 21.2. The number of rotatable bonds is 8. The molecule has 0 saturated carbocycles. The summed E-state index contributed by atoms with van der Waals surface area (Å²) in [5.74, 6) is -0.490. The molecule has 4 rings (SSSR count). The molecule has 9 heteroatoms. The Morgan fingerprint density at radius 2 is 1.86 bits per heavy atom. The number of aryl methyl sites for hydroxylation is 1. The lowest BCUT2D eigenvalue weighted by atomic mass is 10.00. The van der Waals surface area contributed by atoms with Crippen molar-refractivity contribution >= 4 is 23.4 Å². The molecular formula is C28H31N3O6. The highest BCUT2D eigenvalue weighted by Gasteiger charge is 2.18. The van der Waals surface area contributed by atoms with Crippen molar-refractivity contribution in [2.45, 2.75) is 39.2 Å². The molecular weight excluding hydrogens is 474 g/mol.